The van der Waals surface area contributed by atoms with Crippen LogP contribution in [0.15, 0.2) is 52.6 Å². The molecular weight excluding hydrogens is 298 g/mol. The third kappa shape index (κ3) is 3.21. The van der Waals surface area contributed by atoms with Crippen molar-refractivity contribution in [2.45, 2.75) is 33.1 Å². The molecule has 0 aliphatic heterocycles. The van der Waals surface area contributed by atoms with E-state index in [-0.39, 0.29) is 29.9 Å². The average Bonchev–Trinajstić information content (AvgIpc) is 2.51. The molecule has 2 rings (SSSR count). The molecule has 0 amide bonds. The van der Waals surface area contributed by atoms with Gasteiger partial charge in [-0.2, -0.15) is 0 Å². The molecule has 22 heavy (non-hydrogen) atoms. The summed E-state index contributed by atoms with van der Waals surface area (Å²) in [6.07, 6.45) is 0.655. The van der Waals surface area contributed by atoms with Gasteiger partial charge in [-0.3, -0.25) is 9.59 Å². The number of hydrogen-bond acceptors (Lipinski definition) is 3. The monoisotopic (exact) mass is 319 g/mol. The predicted octanol–water partition coefficient (Wildman–Crippen LogP) is 3.35. The number of carbonyl (C=O) groups excluding carboxylic acids is 2. The van der Waals surface area contributed by atoms with Gasteiger partial charge in [-0.15, -0.1) is 12.4 Å². The van der Waals surface area contributed by atoms with Gasteiger partial charge in [-0.1, -0.05) is 30.3 Å². The van der Waals surface area contributed by atoms with Gasteiger partial charge in [0.05, 0.1) is 0 Å². The Bertz CT molecular complexity index is 644. The molecule has 1 atom stereocenters. The van der Waals surface area contributed by atoms with Crippen LogP contribution in [0, 0.1) is 0 Å². The van der Waals surface area contributed by atoms with Gasteiger partial charge >= 0.3 is 0 Å². The van der Waals surface area contributed by atoms with Crippen LogP contribution in [0.25, 0.3) is 0 Å². The summed E-state index contributed by atoms with van der Waals surface area (Å²) in [5, 5.41) is 0. The maximum absolute atomic E-state index is 12.7. The summed E-state index contributed by atoms with van der Waals surface area (Å²) in [4.78, 5) is 25.0. The molecule has 2 N–H and O–H groups in total. The molecule has 0 fully saturated rings. The molecular formula is C18H22ClNO2. The Balaban J connectivity index is 0.00000242. The second-order valence-corrected chi connectivity index (χ2v) is 5.49. The van der Waals surface area contributed by atoms with Crippen molar-refractivity contribution in [3.63, 3.8) is 0 Å². The highest BCUT2D eigenvalue weighted by Crippen LogP contribution is 2.36. The van der Waals surface area contributed by atoms with Crippen molar-refractivity contribution < 1.29 is 9.59 Å². The molecule has 3 nitrogen and oxygen atoms in total. The highest BCUT2D eigenvalue weighted by atomic mass is 35.5. The van der Waals surface area contributed by atoms with E-state index in [9.17, 15) is 9.59 Å². The van der Waals surface area contributed by atoms with Crippen LogP contribution < -0.4 is 5.73 Å². The van der Waals surface area contributed by atoms with E-state index in [1.165, 1.54) is 0 Å². The molecule has 1 aromatic carbocycles. The molecule has 0 aromatic heterocycles. The van der Waals surface area contributed by atoms with E-state index in [1.54, 1.807) is 20.8 Å². The lowest BCUT2D eigenvalue weighted by Crippen LogP contribution is -2.25. The van der Waals surface area contributed by atoms with E-state index in [1.807, 2.05) is 30.3 Å². The summed E-state index contributed by atoms with van der Waals surface area (Å²) >= 11 is 0. The fourth-order valence-electron chi connectivity index (χ4n) is 2.87. The van der Waals surface area contributed by atoms with Crippen LogP contribution in [-0.4, -0.2) is 18.1 Å². The highest BCUT2D eigenvalue weighted by molar-refractivity contribution is 6.25. The van der Waals surface area contributed by atoms with Crippen molar-refractivity contribution in [3.8, 4) is 0 Å². The summed E-state index contributed by atoms with van der Waals surface area (Å²) < 4.78 is 0. The summed E-state index contributed by atoms with van der Waals surface area (Å²) in [6.45, 7) is 5.67. The minimum absolute atomic E-state index is 0. The van der Waals surface area contributed by atoms with Crippen LogP contribution in [-0.2, 0) is 9.59 Å². The normalized spacial score (nSPS) is 16.7. The number of nitrogens with two attached hydrogens (primary N) is 1. The minimum atomic E-state index is -0.115. The van der Waals surface area contributed by atoms with E-state index in [2.05, 4.69) is 0 Å². The quantitative estimate of drug-likeness (QED) is 0.866. The number of ketones is 2. The summed E-state index contributed by atoms with van der Waals surface area (Å²) in [7, 11) is 0. The smallest absolute Gasteiger partial charge is 0.186 e. The molecule has 1 aliphatic rings. The van der Waals surface area contributed by atoms with Gasteiger partial charge in [0.1, 0.15) is 0 Å². The summed E-state index contributed by atoms with van der Waals surface area (Å²) in [5.41, 5.74) is 9.05. The second kappa shape index (κ2) is 7.52. The first-order valence-electron chi connectivity index (χ1n) is 7.21. The van der Waals surface area contributed by atoms with Crippen LogP contribution in [0.2, 0.25) is 0 Å². The standard InChI is InChI=1S/C18H21NO2.ClH/c1-11-12(2)18(21)16(13(3)17(11)20)15(9-10-19)14-7-5-4-6-8-14;/h4-8,15H,9-10,19H2,1-3H3;1H. The van der Waals surface area contributed by atoms with Gasteiger partial charge in [-0.25, -0.2) is 0 Å². The molecule has 4 heteroatoms. The van der Waals surface area contributed by atoms with E-state index in [0.717, 1.165) is 5.56 Å². The third-order valence-electron chi connectivity index (χ3n) is 4.24. The van der Waals surface area contributed by atoms with Crippen molar-refractivity contribution in [2.24, 2.45) is 5.73 Å². The first-order valence-corrected chi connectivity index (χ1v) is 7.21. The number of rotatable bonds is 4. The van der Waals surface area contributed by atoms with Crippen molar-refractivity contribution in [2.75, 3.05) is 6.54 Å². The Kier molecular flexibility index (Phi) is 6.27. The van der Waals surface area contributed by atoms with Crippen LogP contribution in [0.1, 0.15) is 38.7 Å². The van der Waals surface area contributed by atoms with Gasteiger partial charge in [-0.05, 0) is 39.3 Å². The topological polar surface area (TPSA) is 60.2 Å². The molecule has 1 unspecified atom stereocenters. The zero-order valence-electron chi connectivity index (χ0n) is 13.2. The minimum Gasteiger partial charge on any atom is -0.330 e. The highest BCUT2D eigenvalue weighted by Gasteiger charge is 2.32. The SMILES string of the molecule is CC1=C(C)C(=O)C(C(CCN)c2ccccc2)=C(C)C1=O.Cl. The predicted molar refractivity (Wildman–Crippen MR) is 91.2 cm³/mol. The van der Waals surface area contributed by atoms with Crippen molar-refractivity contribution in [1.29, 1.82) is 0 Å². The number of Topliss-reactive ketones (excluding diaryl/α,β-unsaturated/α-hetero) is 2. The maximum atomic E-state index is 12.7. The van der Waals surface area contributed by atoms with Crippen LogP contribution in [0.3, 0.4) is 0 Å². The molecule has 0 heterocycles. The van der Waals surface area contributed by atoms with Gasteiger partial charge in [0.2, 0.25) is 0 Å². The summed E-state index contributed by atoms with van der Waals surface area (Å²) in [6, 6.07) is 9.79. The molecule has 0 radical (unpaired) electrons. The Morgan fingerprint density at radius 3 is 2.00 bits per heavy atom. The molecule has 0 bridgehead atoms. The Hall–Kier alpha value is -1.71. The largest absolute Gasteiger partial charge is 0.330 e. The van der Waals surface area contributed by atoms with Crippen LogP contribution in [0.4, 0.5) is 0 Å². The van der Waals surface area contributed by atoms with Crippen molar-refractivity contribution in [1.82, 2.24) is 0 Å². The second-order valence-electron chi connectivity index (χ2n) is 5.49. The number of halogens is 1. The average molecular weight is 320 g/mol. The van der Waals surface area contributed by atoms with Crippen LogP contribution >= 0.6 is 12.4 Å². The fraction of sp³-hybridized carbons (Fsp3) is 0.333. The Labute approximate surface area is 137 Å². The van der Waals surface area contributed by atoms with E-state index < -0.39 is 0 Å². The van der Waals surface area contributed by atoms with E-state index in [0.29, 0.717) is 35.3 Å². The number of carbonyl (C=O) groups is 2. The van der Waals surface area contributed by atoms with Gasteiger partial charge in [0.25, 0.3) is 0 Å². The third-order valence-corrected chi connectivity index (χ3v) is 4.24. The number of hydrogen-bond donors (Lipinski definition) is 1. The first kappa shape index (κ1) is 18.3. The maximum Gasteiger partial charge on any atom is 0.186 e. The first-order chi connectivity index (χ1) is 9.99. The molecule has 1 aliphatic carbocycles. The van der Waals surface area contributed by atoms with Gasteiger partial charge in [0, 0.05) is 28.2 Å². The van der Waals surface area contributed by atoms with Crippen LogP contribution in [0.5, 0.6) is 0 Å². The number of benzene rings is 1. The zero-order valence-corrected chi connectivity index (χ0v) is 14.0. The fourth-order valence-corrected chi connectivity index (χ4v) is 2.87. The lowest BCUT2D eigenvalue weighted by molar-refractivity contribution is -0.116. The lowest BCUT2D eigenvalue weighted by Gasteiger charge is -2.26. The molecule has 0 saturated heterocycles. The van der Waals surface area contributed by atoms with Crippen molar-refractivity contribution in [3.05, 3.63) is 58.2 Å². The van der Waals surface area contributed by atoms with E-state index in [4.69, 9.17) is 5.73 Å². The lowest BCUT2D eigenvalue weighted by atomic mass is 9.76. The van der Waals surface area contributed by atoms with Gasteiger partial charge in [0.15, 0.2) is 11.6 Å². The number of allylic oxidation sites excluding steroid dienone is 4. The molecule has 0 spiro atoms. The Morgan fingerprint density at radius 2 is 1.45 bits per heavy atom. The summed E-state index contributed by atoms with van der Waals surface area (Å²) in [5.74, 6) is -0.164. The van der Waals surface area contributed by atoms with Gasteiger partial charge < -0.3 is 5.73 Å². The van der Waals surface area contributed by atoms with Crippen molar-refractivity contribution >= 4 is 24.0 Å². The van der Waals surface area contributed by atoms with E-state index >= 15 is 0 Å². The zero-order chi connectivity index (χ0) is 15.6. The molecule has 118 valence electrons. The Morgan fingerprint density at radius 1 is 0.909 bits per heavy atom. The molecule has 1 aromatic rings. The molecule has 0 saturated carbocycles.